The highest BCUT2D eigenvalue weighted by Crippen LogP contribution is 2.25. The Morgan fingerprint density at radius 3 is 2.84 bits per heavy atom. The number of fused-ring (bicyclic) bond motifs is 1. The maximum Gasteiger partial charge on any atom is 0.410 e. The first kappa shape index (κ1) is 20.5. The van der Waals surface area contributed by atoms with Gasteiger partial charge in [0.05, 0.1) is 18.2 Å². The molecule has 0 aliphatic carbocycles. The lowest BCUT2D eigenvalue weighted by molar-refractivity contribution is 0.0131. The van der Waals surface area contributed by atoms with Gasteiger partial charge in [-0.25, -0.2) is 4.79 Å². The number of aliphatic imine (C=N–C) groups is 1. The van der Waals surface area contributed by atoms with E-state index in [1.54, 1.807) is 4.90 Å². The second-order valence-electron chi connectivity index (χ2n) is 8.19. The maximum atomic E-state index is 12.2. The number of amides is 1. The summed E-state index contributed by atoms with van der Waals surface area (Å²) in [6, 6.07) is 0.242. The minimum atomic E-state index is -0.455. The second kappa shape index (κ2) is 7.85. The van der Waals surface area contributed by atoms with Gasteiger partial charge in [-0.2, -0.15) is 0 Å². The van der Waals surface area contributed by atoms with Crippen molar-refractivity contribution < 1.29 is 14.3 Å². The van der Waals surface area contributed by atoms with Crippen LogP contribution in [0.2, 0.25) is 0 Å². The van der Waals surface area contributed by atoms with Gasteiger partial charge < -0.3 is 24.6 Å². The summed E-state index contributed by atoms with van der Waals surface area (Å²) in [5.41, 5.74) is -0.539. The molecule has 0 saturated carbocycles. The molecular weight excluding hydrogens is 435 g/mol. The van der Waals surface area contributed by atoms with Crippen LogP contribution in [-0.2, 0) is 9.47 Å². The first-order valence-electron chi connectivity index (χ1n) is 8.93. The van der Waals surface area contributed by atoms with E-state index in [0.717, 1.165) is 45.0 Å². The van der Waals surface area contributed by atoms with Crippen LogP contribution >= 0.6 is 24.0 Å². The van der Waals surface area contributed by atoms with E-state index in [1.807, 2.05) is 20.8 Å². The van der Waals surface area contributed by atoms with Crippen molar-refractivity contribution in [3.63, 3.8) is 0 Å². The second-order valence-corrected chi connectivity index (χ2v) is 8.19. The molecule has 3 aliphatic rings. The first-order chi connectivity index (χ1) is 11.3. The summed E-state index contributed by atoms with van der Waals surface area (Å²) in [7, 11) is 0. The number of hydrogen-bond acceptors (Lipinski definition) is 6. The minimum Gasteiger partial charge on any atom is -0.444 e. The van der Waals surface area contributed by atoms with Crippen molar-refractivity contribution in [1.29, 1.82) is 0 Å². The van der Waals surface area contributed by atoms with Crippen LogP contribution in [0, 0.1) is 0 Å². The van der Waals surface area contributed by atoms with Crippen molar-refractivity contribution in [3.8, 4) is 0 Å². The Bertz CT molecular complexity index is 515. The summed E-state index contributed by atoms with van der Waals surface area (Å²) in [4.78, 5) is 21.0. The molecule has 3 rings (SSSR count). The van der Waals surface area contributed by atoms with Crippen LogP contribution in [0.4, 0.5) is 4.79 Å². The van der Waals surface area contributed by atoms with Gasteiger partial charge in [0.15, 0.2) is 5.96 Å². The molecule has 3 heterocycles. The zero-order valence-corrected chi connectivity index (χ0v) is 18.0. The molecule has 1 amide bonds. The molecular formula is C17H31IN4O3. The van der Waals surface area contributed by atoms with Gasteiger partial charge in [0, 0.05) is 32.8 Å². The highest BCUT2D eigenvalue weighted by Gasteiger charge is 2.37. The summed E-state index contributed by atoms with van der Waals surface area (Å²) in [6.07, 6.45) is 1.99. The summed E-state index contributed by atoms with van der Waals surface area (Å²) < 4.78 is 11.3. The van der Waals surface area contributed by atoms with E-state index in [2.05, 4.69) is 22.1 Å². The normalized spacial score (nSPS) is 29.0. The molecule has 0 aromatic heterocycles. The molecule has 25 heavy (non-hydrogen) atoms. The van der Waals surface area contributed by atoms with E-state index in [1.165, 1.54) is 0 Å². The predicted molar refractivity (Wildman–Crippen MR) is 108 cm³/mol. The maximum absolute atomic E-state index is 12.2. The minimum absolute atomic E-state index is 0. The molecule has 3 aliphatic heterocycles. The van der Waals surface area contributed by atoms with Crippen LogP contribution in [0.25, 0.3) is 0 Å². The largest absolute Gasteiger partial charge is 0.444 e. The van der Waals surface area contributed by atoms with Crippen LogP contribution in [0.1, 0.15) is 40.5 Å². The SMILES string of the molecule is CC(C)(C)OC(=O)N1CCN2C(NCC3(C)CCCO3)=NCC2C1.I. The summed E-state index contributed by atoms with van der Waals surface area (Å²) >= 11 is 0. The molecule has 2 fully saturated rings. The van der Waals surface area contributed by atoms with E-state index < -0.39 is 5.60 Å². The lowest BCUT2D eigenvalue weighted by Crippen LogP contribution is -2.58. The summed E-state index contributed by atoms with van der Waals surface area (Å²) in [6.45, 7) is 12.3. The fourth-order valence-electron chi connectivity index (χ4n) is 3.47. The Kier molecular flexibility index (Phi) is 6.45. The average Bonchev–Trinajstić information content (AvgIpc) is 3.09. The molecule has 8 heteroatoms. The molecule has 0 spiro atoms. The van der Waals surface area contributed by atoms with E-state index in [-0.39, 0.29) is 41.7 Å². The molecule has 2 saturated heterocycles. The highest BCUT2D eigenvalue weighted by atomic mass is 127. The zero-order valence-electron chi connectivity index (χ0n) is 15.7. The monoisotopic (exact) mass is 466 g/mol. The van der Waals surface area contributed by atoms with E-state index in [9.17, 15) is 4.79 Å². The van der Waals surface area contributed by atoms with Crippen LogP contribution in [-0.4, -0.2) is 78.4 Å². The zero-order chi connectivity index (χ0) is 17.4. The standard InChI is InChI=1S/C17H30N4O3.HI/c1-16(2,3)24-15(22)20-7-8-21-13(11-20)10-18-14(21)19-12-17(4)6-5-9-23-17;/h13H,5-12H2,1-4H3,(H,18,19);1H. The van der Waals surface area contributed by atoms with Crippen molar-refractivity contribution in [2.75, 3.05) is 39.3 Å². The van der Waals surface area contributed by atoms with Gasteiger partial charge in [-0.3, -0.25) is 4.99 Å². The number of halogens is 1. The number of hydrogen-bond donors (Lipinski definition) is 1. The number of nitrogens with one attached hydrogen (secondary N) is 1. The van der Waals surface area contributed by atoms with E-state index in [0.29, 0.717) is 13.1 Å². The van der Waals surface area contributed by atoms with Gasteiger partial charge in [0.1, 0.15) is 5.60 Å². The number of guanidine groups is 1. The lowest BCUT2D eigenvalue weighted by Gasteiger charge is -2.39. The first-order valence-corrected chi connectivity index (χ1v) is 8.93. The van der Waals surface area contributed by atoms with Gasteiger partial charge >= 0.3 is 6.09 Å². The van der Waals surface area contributed by atoms with Crippen LogP contribution in [0.15, 0.2) is 4.99 Å². The Hall–Kier alpha value is -0.770. The van der Waals surface area contributed by atoms with Gasteiger partial charge in [-0.15, -0.1) is 24.0 Å². The summed E-state index contributed by atoms with van der Waals surface area (Å²) in [5.74, 6) is 0.945. The number of carbonyl (C=O) groups is 1. The number of nitrogens with zero attached hydrogens (tertiary/aromatic N) is 3. The molecule has 0 bridgehead atoms. The van der Waals surface area contributed by atoms with Gasteiger partial charge in [-0.05, 0) is 40.5 Å². The number of piperazine rings is 1. The predicted octanol–water partition coefficient (Wildman–Crippen LogP) is 2.05. The quantitative estimate of drug-likeness (QED) is 0.632. The summed E-state index contributed by atoms with van der Waals surface area (Å²) in [5, 5.41) is 3.46. The molecule has 2 unspecified atom stereocenters. The van der Waals surface area contributed by atoms with Crippen molar-refractivity contribution in [2.45, 2.75) is 57.8 Å². The van der Waals surface area contributed by atoms with Crippen LogP contribution in [0.3, 0.4) is 0 Å². The topological polar surface area (TPSA) is 66.4 Å². The van der Waals surface area contributed by atoms with Crippen LogP contribution in [0.5, 0.6) is 0 Å². The van der Waals surface area contributed by atoms with Crippen LogP contribution < -0.4 is 5.32 Å². The number of ether oxygens (including phenoxy) is 2. The molecule has 0 radical (unpaired) electrons. The molecule has 2 atom stereocenters. The molecule has 144 valence electrons. The number of rotatable bonds is 2. The smallest absolute Gasteiger partial charge is 0.410 e. The third-order valence-corrected chi connectivity index (χ3v) is 4.78. The highest BCUT2D eigenvalue weighted by molar-refractivity contribution is 14.0. The Morgan fingerprint density at radius 1 is 1.44 bits per heavy atom. The molecule has 7 nitrogen and oxygen atoms in total. The van der Waals surface area contributed by atoms with Crippen molar-refractivity contribution in [1.82, 2.24) is 15.1 Å². The van der Waals surface area contributed by atoms with Gasteiger partial charge in [0.2, 0.25) is 0 Å². The Labute approximate surface area is 167 Å². The molecule has 1 N–H and O–H groups in total. The van der Waals surface area contributed by atoms with E-state index in [4.69, 9.17) is 9.47 Å². The Balaban J connectivity index is 0.00000225. The van der Waals surface area contributed by atoms with Crippen molar-refractivity contribution >= 4 is 36.0 Å². The van der Waals surface area contributed by atoms with Crippen molar-refractivity contribution in [2.24, 2.45) is 4.99 Å². The third-order valence-electron chi connectivity index (χ3n) is 4.78. The van der Waals surface area contributed by atoms with Gasteiger partial charge in [0.25, 0.3) is 0 Å². The molecule has 0 aromatic carbocycles. The average molecular weight is 466 g/mol. The fraction of sp³-hybridized carbons (Fsp3) is 0.882. The molecule has 0 aromatic rings. The fourth-order valence-corrected chi connectivity index (χ4v) is 3.47. The Morgan fingerprint density at radius 2 is 2.20 bits per heavy atom. The lowest BCUT2D eigenvalue weighted by atomic mass is 10.0. The van der Waals surface area contributed by atoms with Gasteiger partial charge in [-0.1, -0.05) is 0 Å². The third kappa shape index (κ3) is 5.12. The van der Waals surface area contributed by atoms with Crippen molar-refractivity contribution in [3.05, 3.63) is 0 Å². The number of carbonyl (C=O) groups excluding carboxylic acids is 1. The van der Waals surface area contributed by atoms with E-state index >= 15 is 0 Å².